The van der Waals surface area contributed by atoms with Crippen LogP contribution in [0.2, 0.25) is 0 Å². The number of para-hydroxylation sites is 4. The van der Waals surface area contributed by atoms with Gasteiger partial charge in [0.15, 0.2) is 8.07 Å². The van der Waals surface area contributed by atoms with Gasteiger partial charge in [-0.2, -0.15) is 18.2 Å². The van der Waals surface area contributed by atoms with E-state index >= 15 is 0 Å². The second-order valence-corrected chi connectivity index (χ2v) is 24.6. The second-order valence-electron chi connectivity index (χ2n) is 21.1. The standard InChI is InChI=1S/C82H60N4OSi.Pt/c1-82(2,3)64-48-49-83-80(54-64)86-76-43-20-19-40-74(76)75-47-46-67(56-79(75)86)87-66-32-24-31-65(55-66)84-57-85(78-45-22-21-44-77(78)84)81-72(41-25-42-73(81)63-51-61(58-26-9-4-10-27-58)50-62(52-63)59-28-11-5-12-29-59)60-30-23-39-71(53-60)88(68-33-13-6-14-34-68,69-35-15-7-16-36-69)70-37-17-8-18-38-70;/h4-54H,1-3H3;/q-2;/i4D,5D,6D,7D,8D,9D,10D,11D,12D,13D,14D,15D,16D,17D,18D,23D,26D,27D,28D,29D,30D,33D,34D,35D,36D,37D,38D,39D,50D,51D,52D,53D;. The molecule has 0 bridgehead atoms. The van der Waals surface area contributed by atoms with E-state index in [0.717, 1.165) is 21.9 Å². The van der Waals surface area contributed by atoms with Crippen LogP contribution in [0.5, 0.6) is 11.5 Å². The topological polar surface area (TPSA) is 35.9 Å². The number of hydrogen-bond acceptors (Lipinski definition) is 2. The van der Waals surface area contributed by atoms with Crippen LogP contribution < -0.4 is 30.1 Å². The molecular weight excluding hydrogens is 1280 g/mol. The minimum absolute atomic E-state index is 0. The third-order valence-electron chi connectivity index (χ3n) is 14.8. The molecule has 430 valence electrons. The van der Waals surface area contributed by atoms with E-state index in [-0.39, 0.29) is 54.7 Å². The average Bonchev–Trinajstić information content (AvgIpc) is 1.59. The molecule has 5 nitrogen and oxygen atoms in total. The average molecular weight is 1370 g/mol. The van der Waals surface area contributed by atoms with Crippen molar-refractivity contribution in [2.24, 2.45) is 0 Å². The SMILES string of the molecule is [2H]c1c([2H])c([2H])c(-c2c([2H])c(-c3cccc(-c4c([2H])c([2H])c([2H])c([Si](c5c([2H])c([2H])c([2H])c([2H])c5[2H])(c5c([2H])c([2H])c([2H])c([2H])c5[2H])c5c([2H])c([2H])c([2H])c([2H])c5[2H])c4[2H])c3-[n+]3[c-]n(-c4[c-]c(Oc5[c-]c6c(cc5)c5ccccc5n6-c5cc(C(C)(C)C)ccn5)ccc4)c4ccccc43)c([2H])c(-c3c([2H])c([2H])c([2H])c([2H])c3[2H])c2[2H])c([2H])c1[2H].[Pt]. The molecule has 3 aromatic heterocycles. The minimum atomic E-state index is -6.59. The summed E-state index contributed by atoms with van der Waals surface area (Å²) in [6.07, 6.45) is 5.04. The molecule has 0 fully saturated rings. The van der Waals surface area contributed by atoms with Gasteiger partial charge in [0, 0.05) is 44.3 Å². The summed E-state index contributed by atoms with van der Waals surface area (Å²) in [5, 5.41) is -2.94. The fourth-order valence-electron chi connectivity index (χ4n) is 10.8. The van der Waals surface area contributed by atoms with Crippen LogP contribution in [0.3, 0.4) is 0 Å². The van der Waals surface area contributed by atoms with E-state index in [1.165, 1.54) is 33.4 Å². The molecule has 15 aromatic rings. The molecular formula is C82H60N4OPtSi-2. The van der Waals surface area contributed by atoms with Gasteiger partial charge in [-0.15, -0.1) is 29.7 Å². The molecule has 0 spiro atoms. The quantitative estimate of drug-likeness (QED) is 0.0499. The van der Waals surface area contributed by atoms with Crippen LogP contribution in [0.1, 0.15) is 70.2 Å². The fraction of sp³-hybridized carbons (Fsp3) is 0.0488. The van der Waals surface area contributed by atoms with Crippen LogP contribution in [0.4, 0.5) is 0 Å². The van der Waals surface area contributed by atoms with Gasteiger partial charge in [-0.05, 0) is 124 Å². The Morgan fingerprint density at radius 2 is 1.01 bits per heavy atom. The van der Waals surface area contributed by atoms with Crippen LogP contribution in [-0.4, -0.2) is 22.2 Å². The molecule has 0 aliphatic heterocycles. The Bertz CT molecular complexity index is 6660. The fourth-order valence-corrected chi connectivity index (χ4v) is 14.4. The molecule has 7 heteroatoms. The molecule has 0 radical (unpaired) electrons. The minimum Gasteiger partial charge on any atom is -0.510 e. The van der Waals surface area contributed by atoms with Crippen molar-refractivity contribution in [2.75, 3.05) is 0 Å². The van der Waals surface area contributed by atoms with Crippen molar-refractivity contribution in [1.29, 1.82) is 0 Å². The first-order chi connectivity index (χ1) is 56.6. The predicted octanol–water partition coefficient (Wildman–Crippen LogP) is 16.9. The summed E-state index contributed by atoms with van der Waals surface area (Å²) in [5.41, 5.74) is -4.11. The molecule has 12 aromatic carbocycles. The number of rotatable bonds is 13. The van der Waals surface area contributed by atoms with Crippen molar-refractivity contribution in [3.05, 3.63) is 333 Å². The molecule has 15 rings (SSSR count). The Morgan fingerprint density at radius 3 is 1.65 bits per heavy atom. The van der Waals surface area contributed by atoms with Crippen molar-refractivity contribution in [1.82, 2.24) is 14.1 Å². The second kappa shape index (κ2) is 23.8. The number of pyridine rings is 1. The van der Waals surface area contributed by atoms with Crippen LogP contribution in [-0.2, 0) is 26.5 Å². The molecule has 0 amide bonds. The molecule has 0 aliphatic carbocycles. The molecule has 0 saturated heterocycles. The number of ether oxygens (including phenoxy) is 1. The van der Waals surface area contributed by atoms with Crippen molar-refractivity contribution in [3.63, 3.8) is 0 Å². The first-order valence-electron chi connectivity index (χ1n) is 43.4. The van der Waals surface area contributed by atoms with Crippen LogP contribution >= 0.6 is 0 Å². The molecule has 0 aliphatic rings. The van der Waals surface area contributed by atoms with Crippen LogP contribution in [0.15, 0.2) is 309 Å². The summed E-state index contributed by atoms with van der Waals surface area (Å²) in [5.74, 6) is 0.903. The van der Waals surface area contributed by atoms with Gasteiger partial charge in [0.05, 0.1) is 60.6 Å². The van der Waals surface area contributed by atoms with E-state index < -0.39 is 272 Å². The summed E-state index contributed by atoms with van der Waals surface area (Å²) in [6.45, 7) is 6.27. The van der Waals surface area contributed by atoms with Crippen molar-refractivity contribution in [3.8, 4) is 73.2 Å². The van der Waals surface area contributed by atoms with Gasteiger partial charge in [0.1, 0.15) is 5.82 Å². The normalized spacial score (nSPS) is 16.7. The van der Waals surface area contributed by atoms with E-state index in [1.807, 2.05) is 47.0 Å². The van der Waals surface area contributed by atoms with E-state index in [4.69, 9.17) is 22.1 Å². The van der Waals surface area contributed by atoms with Gasteiger partial charge < -0.3 is 13.9 Å². The molecule has 0 N–H and O–H groups in total. The number of hydrogen-bond donors (Lipinski definition) is 0. The summed E-state index contributed by atoms with van der Waals surface area (Å²) in [7, 11) is -6.59. The van der Waals surface area contributed by atoms with E-state index in [1.54, 1.807) is 48.7 Å². The van der Waals surface area contributed by atoms with Crippen molar-refractivity contribution >= 4 is 61.7 Å². The smallest absolute Gasteiger partial charge is 0.268 e. The van der Waals surface area contributed by atoms with Gasteiger partial charge in [-0.1, -0.05) is 262 Å². The number of imidazole rings is 1. The van der Waals surface area contributed by atoms with E-state index in [0.29, 0.717) is 11.3 Å². The zero-order chi connectivity index (χ0) is 87.0. The summed E-state index contributed by atoms with van der Waals surface area (Å²) in [6, 6.07) is 0.369. The predicted molar refractivity (Wildman–Crippen MR) is 364 cm³/mol. The Balaban J connectivity index is 0.0000120. The Morgan fingerprint density at radius 1 is 0.472 bits per heavy atom. The van der Waals surface area contributed by atoms with Crippen molar-refractivity contribution < 1.29 is 74.2 Å². The summed E-state index contributed by atoms with van der Waals surface area (Å²) in [4.78, 5) is 4.80. The molecule has 3 heterocycles. The van der Waals surface area contributed by atoms with E-state index in [9.17, 15) is 31.5 Å². The number of benzene rings is 12. The maximum Gasteiger partial charge on any atom is 0.268 e. The largest absolute Gasteiger partial charge is 0.510 e. The maximum absolute atomic E-state index is 11.1. The van der Waals surface area contributed by atoms with Crippen LogP contribution in [0, 0.1) is 18.5 Å². The zero-order valence-electron chi connectivity index (χ0n) is 79.0. The van der Waals surface area contributed by atoms with Gasteiger partial charge in [-0.3, -0.25) is 4.57 Å². The monoisotopic (exact) mass is 1370 g/mol. The van der Waals surface area contributed by atoms with Crippen molar-refractivity contribution in [2.45, 2.75) is 26.2 Å². The number of aromatic nitrogens is 4. The summed E-state index contributed by atoms with van der Waals surface area (Å²) >= 11 is 0. The first-order valence-corrected chi connectivity index (χ1v) is 29.4. The Labute approximate surface area is 580 Å². The molecule has 0 unspecified atom stereocenters. The van der Waals surface area contributed by atoms with Gasteiger partial charge >= 0.3 is 0 Å². The van der Waals surface area contributed by atoms with Gasteiger partial charge in [0.2, 0.25) is 0 Å². The Kier molecular flexibility index (Phi) is 8.32. The Hall–Kier alpha value is -10.2. The third-order valence-corrected chi connectivity index (χ3v) is 18.8. The number of fused-ring (bicyclic) bond motifs is 4. The molecule has 0 saturated carbocycles. The zero-order valence-corrected chi connectivity index (χ0v) is 50.3. The van der Waals surface area contributed by atoms with Gasteiger partial charge in [0.25, 0.3) is 6.33 Å². The molecule has 89 heavy (non-hydrogen) atoms. The summed E-state index contributed by atoms with van der Waals surface area (Å²) < 4.78 is 316. The van der Waals surface area contributed by atoms with Crippen LogP contribution in [0.25, 0.3) is 94.5 Å². The van der Waals surface area contributed by atoms with E-state index in [2.05, 4.69) is 39.2 Å². The third kappa shape index (κ3) is 10.4. The van der Waals surface area contributed by atoms with Gasteiger partial charge in [-0.25, -0.2) is 4.98 Å². The number of nitrogens with zero attached hydrogens (tertiary/aromatic N) is 4. The maximum atomic E-state index is 11.1. The molecule has 0 atom stereocenters. The first kappa shape index (κ1) is 31.1.